The molecule has 3 rings (SSSR count). The smallest absolute Gasteiger partial charge is 0.229 e. The number of benzene rings is 2. The van der Waals surface area contributed by atoms with Gasteiger partial charge in [0.2, 0.25) is 11.8 Å². The predicted octanol–water partition coefficient (Wildman–Crippen LogP) is 3.77. The lowest BCUT2D eigenvalue weighted by molar-refractivity contribution is -0.128. The molecule has 0 bridgehead atoms. The molecule has 142 valence electrons. The van der Waals surface area contributed by atoms with Crippen LogP contribution in [-0.4, -0.2) is 36.4 Å². The Labute approximate surface area is 164 Å². The molecule has 6 heteroatoms. The fourth-order valence-corrected chi connectivity index (χ4v) is 3.25. The number of rotatable bonds is 7. The van der Waals surface area contributed by atoms with Gasteiger partial charge in [0.15, 0.2) is 0 Å². The molecule has 1 fully saturated rings. The minimum Gasteiger partial charge on any atom is -0.494 e. The zero-order chi connectivity index (χ0) is 19.2. The summed E-state index contributed by atoms with van der Waals surface area (Å²) in [7, 11) is 0. The summed E-state index contributed by atoms with van der Waals surface area (Å²) < 4.78 is 5.39. The van der Waals surface area contributed by atoms with Crippen molar-refractivity contribution in [2.75, 3.05) is 25.0 Å². The van der Waals surface area contributed by atoms with E-state index in [1.807, 2.05) is 43.3 Å². The van der Waals surface area contributed by atoms with Crippen LogP contribution in [0.2, 0.25) is 5.02 Å². The highest BCUT2D eigenvalue weighted by molar-refractivity contribution is 6.30. The Kier molecular flexibility index (Phi) is 6.35. The van der Waals surface area contributed by atoms with Crippen molar-refractivity contribution in [1.29, 1.82) is 0 Å². The lowest BCUT2D eigenvalue weighted by Crippen LogP contribution is -2.30. The maximum Gasteiger partial charge on any atom is 0.229 e. The van der Waals surface area contributed by atoms with E-state index in [1.54, 1.807) is 17.0 Å². The maximum absolute atomic E-state index is 12.5. The SMILES string of the molecule is CCOc1ccc(NC(=O)C2CC(=O)N(CCc3ccc(Cl)cc3)C2)cc1. The second kappa shape index (κ2) is 8.91. The zero-order valence-corrected chi connectivity index (χ0v) is 16.0. The Hall–Kier alpha value is -2.53. The molecule has 1 atom stereocenters. The van der Waals surface area contributed by atoms with Gasteiger partial charge in [-0.15, -0.1) is 0 Å². The summed E-state index contributed by atoms with van der Waals surface area (Å²) in [6.07, 6.45) is 1.000. The van der Waals surface area contributed by atoms with Gasteiger partial charge >= 0.3 is 0 Å². The Morgan fingerprint density at radius 3 is 2.56 bits per heavy atom. The minimum atomic E-state index is -0.325. The summed E-state index contributed by atoms with van der Waals surface area (Å²) in [6, 6.07) is 14.8. The second-order valence-corrected chi connectivity index (χ2v) is 7.00. The molecule has 0 saturated carbocycles. The van der Waals surface area contributed by atoms with E-state index in [0.717, 1.165) is 17.7 Å². The van der Waals surface area contributed by atoms with Crippen molar-refractivity contribution in [3.8, 4) is 5.75 Å². The Morgan fingerprint density at radius 1 is 1.19 bits per heavy atom. The van der Waals surface area contributed by atoms with Gasteiger partial charge in [-0.3, -0.25) is 9.59 Å². The highest BCUT2D eigenvalue weighted by Gasteiger charge is 2.34. The summed E-state index contributed by atoms with van der Waals surface area (Å²) >= 11 is 5.89. The minimum absolute atomic E-state index is 0.0239. The lowest BCUT2D eigenvalue weighted by Gasteiger charge is -2.16. The zero-order valence-electron chi connectivity index (χ0n) is 15.3. The summed E-state index contributed by atoms with van der Waals surface area (Å²) in [5.74, 6) is 0.339. The van der Waals surface area contributed by atoms with Crippen LogP contribution in [0.4, 0.5) is 5.69 Å². The molecule has 1 aliphatic heterocycles. The first kappa shape index (κ1) is 19.2. The van der Waals surface area contributed by atoms with Crippen LogP contribution in [0.25, 0.3) is 0 Å². The number of amides is 2. The molecule has 1 saturated heterocycles. The standard InChI is InChI=1S/C21H23ClN2O3/c1-2-27-19-9-7-18(8-10-19)23-21(26)16-13-20(25)24(14-16)12-11-15-3-5-17(22)6-4-15/h3-10,16H,2,11-14H2,1H3,(H,23,26). The van der Waals surface area contributed by atoms with Crippen molar-refractivity contribution in [1.82, 2.24) is 4.90 Å². The van der Waals surface area contributed by atoms with E-state index in [9.17, 15) is 9.59 Å². The number of halogens is 1. The summed E-state index contributed by atoms with van der Waals surface area (Å²) in [6.45, 7) is 3.58. The van der Waals surface area contributed by atoms with Crippen molar-refractivity contribution < 1.29 is 14.3 Å². The summed E-state index contributed by atoms with van der Waals surface area (Å²) in [4.78, 5) is 26.5. The lowest BCUT2D eigenvalue weighted by atomic mass is 10.1. The molecule has 1 N–H and O–H groups in total. The number of ether oxygens (including phenoxy) is 1. The summed E-state index contributed by atoms with van der Waals surface area (Å²) in [5, 5.41) is 3.58. The Morgan fingerprint density at radius 2 is 1.89 bits per heavy atom. The van der Waals surface area contributed by atoms with Crippen LogP contribution in [0.3, 0.4) is 0 Å². The molecular formula is C21H23ClN2O3. The maximum atomic E-state index is 12.5. The number of carbonyl (C=O) groups excluding carboxylic acids is 2. The van der Waals surface area contributed by atoms with Crippen LogP contribution in [-0.2, 0) is 16.0 Å². The van der Waals surface area contributed by atoms with Gasteiger partial charge in [0.1, 0.15) is 5.75 Å². The van der Waals surface area contributed by atoms with Crippen molar-refractivity contribution in [2.24, 2.45) is 5.92 Å². The van der Waals surface area contributed by atoms with Crippen LogP contribution in [0.15, 0.2) is 48.5 Å². The number of hydrogen-bond donors (Lipinski definition) is 1. The molecule has 1 heterocycles. The van der Waals surface area contributed by atoms with Crippen molar-refractivity contribution in [3.63, 3.8) is 0 Å². The molecule has 5 nitrogen and oxygen atoms in total. The third-order valence-electron chi connectivity index (χ3n) is 4.60. The molecule has 27 heavy (non-hydrogen) atoms. The van der Waals surface area contributed by atoms with Crippen molar-refractivity contribution >= 4 is 29.1 Å². The molecule has 2 aromatic carbocycles. The van der Waals surface area contributed by atoms with Gasteiger partial charge in [-0.2, -0.15) is 0 Å². The van der Waals surface area contributed by atoms with E-state index in [4.69, 9.17) is 16.3 Å². The second-order valence-electron chi connectivity index (χ2n) is 6.56. The van der Waals surface area contributed by atoms with E-state index in [1.165, 1.54) is 0 Å². The average Bonchev–Trinajstić information content (AvgIpc) is 3.04. The number of anilines is 1. The van der Waals surface area contributed by atoms with Crippen LogP contribution in [0.5, 0.6) is 5.75 Å². The van der Waals surface area contributed by atoms with Gasteiger partial charge in [-0.05, 0) is 55.3 Å². The Bertz CT molecular complexity index is 790. The highest BCUT2D eigenvalue weighted by atomic mass is 35.5. The van der Waals surface area contributed by atoms with Gasteiger partial charge in [0, 0.05) is 30.2 Å². The van der Waals surface area contributed by atoms with Gasteiger partial charge < -0.3 is 15.0 Å². The number of carbonyl (C=O) groups is 2. The normalized spacial score (nSPS) is 16.4. The van der Waals surface area contributed by atoms with Gasteiger partial charge in [-0.1, -0.05) is 23.7 Å². The largest absolute Gasteiger partial charge is 0.494 e. The van der Waals surface area contributed by atoms with Crippen molar-refractivity contribution in [3.05, 3.63) is 59.1 Å². The molecule has 2 aromatic rings. The van der Waals surface area contributed by atoms with Gasteiger partial charge in [0.05, 0.1) is 12.5 Å². The van der Waals surface area contributed by atoms with E-state index in [0.29, 0.717) is 30.4 Å². The first-order chi connectivity index (χ1) is 13.0. The highest BCUT2D eigenvalue weighted by Crippen LogP contribution is 2.22. The van der Waals surface area contributed by atoms with Gasteiger partial charge in [0.25, 0.3) is 0 Å². The van der Waals surface area contributed by atoms with Gasteiger partial charge in [-0.25, -0.2) is 0 Å². The molecule has 1 aliphatic rings. The molecule has 1 unspecified atom stereocenters. The monoisotopic (exact) mass is 386 g/mol. The average molecular weight is 387 g/mol. The third kappa shape index (κ3) is 5.23. The van der Waals surface area contributed by atoms with Crippen molar-refractivity contribution in [2.45, 2.75) is 19.8 Å². The Balaban J connectivity index is 1.51. The number of nitrogens with zero attached hydrogens (tertiary/aromatic N) is 1. The van der Waals surface area contributed by atoms with E-state index in [-0.39, 0.29) is 24.2 Å². The molecule has 2 amide bonds. The number of hydrogen-bond acceptors (Lipinski definition) is 3. The van der Waals surface area contributed by atoms with E-state index >= 15 is 0 Å². The number of likely N-dealkylation sites (tertiary alicyclic amines) is 1. The van der Waals surface area contributed by atoms with E-state index in [2.05, 4.69) is 5.32 Å². The molecule has 0 spiro atoms. The topological polar surface area (TPSA) is 58.6 Å². The first-order valence-corrected chi connectivity index (χ1v) is 9.49. The molecular weight excluding hydrogens is 364 g/mol. The van der Waals surface area contributed by atoms with E-state index < -0.39 is 0 Å². The number of nitrogens with one attached hydrogen (secondary N) is 1. The quantitative estimate of drug-likeness (QED) is 0.788. The predicted molar refractivity (Wildman–Crippen MR) is 106 cm³/mol. The van der Waals surface area contributed by atoms with Crippen LogP contribution >= 0.6 is 11.6 Å². The molecule has 0 radical (unpaired) electrons. The molecule has 0 aromatic heterocycles. The third-order valence-corrected chi connectivity index (χ3v) is 4.85. The first-order valence-electron chi connectivity index (χ1n) is 9.11. The summed E-state index contributed by atoms with van der Waals surface area (Å²) in [5.41, 5.74) is 1.82. The fraction of sp³-hybridized carbons (Fsp3) is 0.333. The van der Waals surface area contributed by atoms with Crippen LogP contribution in [0, 0.1) is 5.92 Å². The van der Waals surface area contributed by atoms with Crippen LogP contribution in [0.1, 0.15) is 18.9 Å². The fourth-order valence-electron chi connectivity index (χ4n) is 3.12. The van der Waals surface area contributed by atoms with Crippen LogP contribution < -0.4 is 10.1 Å². The molecule has 0 aliphatic carbocycles.